The van der Waals surface area contributed by atoms with Crippen LogP contribution >= 0.6 is 0 Å². The summed E-state index contributed by atoms with van der Waals surface area (Å²) in [6, 6.07) is 10.7. The monoisotopic (exact) mass is 200 g/mol. The van der Waals surface area contributed by atoms with Gasteiger partial charge >= 0.3 is 0 Å². The number of allylic oxidation sites excluding steroid dienone is 4. The van der Waals surface area contributed by atoms with E-state index in [0.29, 0.717) is 0 Å². The fourth-order valence-corrected chi connectivity index (χ4v) is 2.02. The smallest absolute Gasteiger partial charge is 0.137 e. The number of quaternary nitrogens is 1. The van der Waals surface area contributed by atoms with Crippen LogP contribution in [0.5, 0.6) is 0 Å². The van der Waals surface area contributed by atoms with Crippen LogP contribution in [-0.4, -0.2) is 14.1 Å². The fourth-order valence-electron chi connectivity index (χ4n) is 2.02. The highest BCUT2D eigenvalue weighted by atomic mass is 15.3. The first-order chi connectivity index (χ1) is 7.21. The molecule has 0 aliphatic heterocycles. The first-order valence-electron chi connectivity index (χ1n) is 5.47. The van der Waals surface area contributed by atoms with Gasteiger partial charge in [-0.2, -0.15) is 0 Å². The average molecular weight is 200 g/mol. The number of hydrogen-bond acceptors (Lipinski definition) is 0. The zero-order valence-electron chi connectivity index (χ0n) is 9.48. The third kappa shape index (κ3) is 2.02. The zero-order chi connectivity index (χ0) is 10.7. The molecule has 1 heteroatoms. The van der Waals surface area contributed by atoms with Crippen LogP contribution < -0.4 is 4.48 Å². The van der Waals surface area contributed by atoms with Crippen molar-refractivity contribution in [1.82, 2.24) is 4.48 Å². The Labute approximate surface area is 91.9 Å². The molecule has 0 aromatic heterocycles. The molecule has 0 unspecified atom stereocenters. The van der Waals surface area contributed by atoms with Gasteiger partial charge in [-0.25, -0.2) is 0 Å². The number of benzene rings is 1. The van der Waals surface area contributed by atoms with Gasteiger partial charge < -0.3 is 0 Å². The highest BCUT2D eigenvalue weighted by Crippen LogP contribution is 2.28. The van der Waals surface area contributed by atoms with E-state index in [1.165, 1.54) is 24.2 Å². The Morgan fingerprint density at radius 3 is 2.40 bits per heavy atom. The Balaban J connectivity index is 2.34. The molecule has 0 N–H and O–H groups in total. The van der Waals surface area contributed by atoms with Gasteiger partial charge in [-0.3, -0.25) is 4.48 Å². The molecular weight excluding hydrogens is 182 g/mol. The van der Waals surface area contributed by atoms with Crippen molar-refractivity contribution in [1.29, 1.82) is 0 Å². The molecule has 78 valence electrons. The van der Waals surface area contributed by atoms with E-state index >= 15 is 0 Å². The molecule has 15 heavy (non-hydrogen) atoms. The van der Waals surface area contributed by atoms with Crippen molar-refractivity contribution >= 4 is 5.69 Å². The van der Waals surface area contributed by atoms with Gasteiger partial charge in [0.2, 0.25) is 0 Å². The number of para-hydroxylation sites is 1. The molecule has 1 aromatic carbocycles. The van der Waals surface area contributed by atoms with Gasteiger partial charge in [0.15, 0.2) is 0 Å². The highest BCUT2D eigenvalue weighted by Gasteiger charge is 2.24. The Bertz CT molecular complexity index is 385. The second-order valence-corrected chi connectivity index (χ2v) is 4.41. The van der Waals surface area contributed by atoms with E-state index in [-0.39, 0.29) is 0 Å². The lowest BCUT2D eigenvalue weighted by Gasteiger charge is -2.31. The zero-order valence-corrected chi connectivity index (χ0v) is 9.48. The van der Waals surface area contributed by atoms with Crippen molar-refractivity contribution in [3.8, 4) is 0 Å². The molecule has 1 aliphatic rings. The predicted octanol–water partition coefficient (Wildman–Crippen LogP) is 3.49. The van der Waals surface area contributed by atoms with Gasteiger partial charge in [0.1, 0.15) is 11.4 Å². The lowest BCUT2D eigenvalue weighted by Crippen LogP contribution is -2.39. The van der Waals surface area contributed by atoms with Crippen LogP contribution in [0.4, 0.5) is 5.69 Å². The van der Waals surface area contributed by atoms with Crippen molar-refractivity contribution in [2.75, 3.05) is 14.1 Å². The van der Waals surface area contributed by atoms with Crippen molar-refractivity contribution < 1.29 is 0 Å². The molecule has 2 rings (SSSR count). The summed E-state index contributed by atoms with van der Waals surface area (Å²) >= 11 is 0. The molecular formula is C14H18N+. The van der Waals surface area contributed by atoms with Crippen LogP contribution in [0.1, 0.15) is 12.8 Å². The largest absolute Gasteiger partial charge is 0.267 e. The van der Waals surface area contributed by atoms with E-state index < -0.39 is 0 Å². The number of rotatable bonds is 2. The first-order valence-corrected chi connectivity index (χ1v) is 5.47. The molecule has 0 heterocycles. The second-order valence-electron chi connectivity index (χ2n) is 4.41. The van der Waals surface area contributed by atoms with Gasteiger partial charge in [-0.05, 0) is 24.6 Å². The molecule has 0 saturated heterocycles. The first kappa shape index (κ1) is 10.2. The SMILES string of the molecule is C[N+](C)(C1=CC=CCC1)c1ccccc1. The minimum absolute atomic E-state index is 0.866. The van der Waals surface area contributed by atoms with Crippen molar-refractivity contribution in [3.05, 3.63) is 54.3 Å². The van der Waals surface area contributed by atoms with Crippen molar-refractivity contribution in [2.45, 2.75) is 12.8 Å². The Morgan fingerprint density at radius 1 is 1.07 bits per heavy atom. The van der Waals surface area contributed by atoms with Crippen molar-refractivity contribution in [3.63, 3.8) is 0 Å². The molecule has 0 spiro atoms. The van der Waals surface area contributed by atoms with Gasteiger partial charge in [0.25, 0.3) is 0 Å². The Hall–Kier alpha value is -1.34. The lowest BCUT2D eigenvalue weighted by atomic mass is 10.1. The summed E-state index contributed by atoms with van der Waals surface area (Å²) in [7, 11) is 4.50. The Morgan fingerprint density at radius 2 is 1.80 bits per heavy atom. The summed E-state index contributed by atoms with van der Waals surface area (Å²) in [5, 5.41) is 0. The number of nitrogens with zero attached hydrogens (tertiary/aromatic N) is 1. The molecule has 1 aliphatic carbocycles. The highest BCUT2D eigenvalue weighted by molar-refractivity contribution is 5.47. The van der Waals surface area contributed by atoms with Crippen LogP contribution in [0, 0.1) is 0 Å². The standard InChI is InChI=1S/C14H18N/c1-15(2,13-9-5-3-6-10-13)14-11-7-4-8-12-14/h3-7,9-11H,8,12H2,1-2H3/q+1. The van der Waals surface area contributed by atoms with E-state index in [0.717, 1.165) is 4.48 Å². The second kappa shape index (κ2) is 4.03. The van der Waals surface area contributed by atoms with Crippen LogP contribution in [0.15, 0.2) is 54.3 Å². The molecule has 0 amide bonds. The van der Waals surface area contributed by atoms with Crippen LogP contribution in [0.25, 0.3) is 0 Å². The minimum Gasteiger partial charge on any atom is -0.267 e. The van der Waals surface area contributed by atoms with Gasteiger partial charge in [0, 0.05) is 6.42 Å². The summed E-state index contributed by atoms with van der Waals surface area (Å²) in [5.41, 5.74) is 2.82. The van der Waals surface area contributed by atoms with E-state index in [1.807, 2.05) is 0 Å². The molecule has 1 nitrogen and oxygen atoms in total. The average Bonchev–Trinajstić information content (AvgIpc) is 2.31. The van der Waals surface area contributed by atoms with E-state index in [4.69, 9.17) is 0 Å². The maximum atomic E-state index is 2.25. The van der Waals surface area contributed by atoms with Crippen LogP contribution in [0.3, 0.4) is 0 Å². The molecule has 0 fully saturated rings. The van der Waals surface area contributed by atoms with E-state index in [2.05, 4.69) is 62.7 Å². The summed E-state index contributed by atoms with van der Waals surface area (Å²) in [6.07, 6.45) is 8.98. The third-order valence-electron chi connectivity index (χ3n) is 3.11. The maximum absolute atomic E-state index is 2.25. The van der Waals surface area contributed by atoms with E-state index in [1.54, 1.807) is 0 Å². The molecule has 0 radical (unpaired) electrons. The molecule has 0 saturated carbocycles. The number of hydrogen-bond donors (Lipinski definition) is 0. The normalized spacial score (nSPS) is 16.3. The Kier molecular flexibility index (Phi) is 2.74. The maximum Gasteiger partial charge on any atom is 0.137 e. The quantitative estimate of drug-likeness (QED) is 0.641. The van der Waals surface area contributed by atoms with E-state index in [9.17, 15) is 0 Å². The van der Waals surface area contributed by atoms with Gasteiger partial charge in [0.05, 0.1) is 14.1 Å². The molecule has 0 bridgehead atoms. The van der Waals surface area contributed by atoms with Crippen LogP contribution in [0.2, 0.25) is 0 Å². The lowest BCUT2D eigenvalue weighted by molar-refractivity contribution is 0.470. The van der Waals surface area contributed by atoms with Crippen LogP contribution in [-0.2, 0) is 0 Å². The summed E-state index contributed by atoms with van der Waals surface area (Å²) < 4.78 is 0.866. The third-order valence-corrected chi connectivity index (χ3v) is 3.11. The predicted molar refractivity (Wildman–Crippen MR) is 66.5 cm³/mol. The summed E-state index contributed by atoms with van der Waals surface area (Å²) in [4.78, 5) is 0. The molecule has 0 atom stereocenters. The topological polar surface area (TPSA) is 0 Å². The minimum atomic E-state index is 0.866. The summed E-state index contributed by atoms with van der Waals surface area (Å²) in [6.45, 7) is 0. The fraction of sp³-hybridized carbons (Fsp3) is 0.286. The summed E-state index contributed by atoms with van der Waals surface area (Å²) in [5.74, 6) is 0. The van der Waals surface area contributed by atoms with Gasteiger partial charge in [-0.1, -0.05) is 30.4 Å². The molecule has 1 aromatic rings. The van der Waals surface area contributed by atoms with Crippen molar-refractivity contribution in [2.24, 2.45) is 0 Å². The van der Waals surface area contributed by atoms with Gasteiger partial charge in [-0.15, -0.1) is 0 Å².